The maximum Gasteiger partial charge on any atom is 0.266 e. The Morgan fingerprint density at radius 1 is 0.944 bits per heavy atom. The monoisotopic (exact) mass is 499 g/mol. The highest BCUT2D eigenvalue weighted by atomic mass is 32.2. The van der Waals surface area contributed by atoms with Gasteiger partial charge in [0.2, 0.25) is 5.91 Å². The minimum atomic E-state index is -0.353. The highest BCUT2D eigenvalue weighted by molar-refractivity contribution is 7.99. The summed E-state index contributed by atoms with van der Waals surface area (Å²) < 4.78 is 1.67. The molecule has 0 spiro atoms. The number of hydrogen-bond donors (Lipinski definition) is 0. The van der Waals surface area contributed by atoms with Crippen LogP contribution in [-0.2, 0) is 11.3 Å². The van der Waals surface area contributed by atoms with Gasteiger partial charge in [-0.25, -0.2) is 4.98 Å². The average molecular weight is 500 g/mol. The van der Waals surface area contributed by atoms with E-state index in [1.807, 2.05) is 98.5 Å². The van der Waals surface area contributed by atoms with Crippen LogP contribution < -0.4 is 5.56 Å². The summed E-state index contributed by atoms with van der Waals surface area (Å²) in [6, 6.07) is 25.3. The van der Waals surface area contributed by atoms with Crippen LogP contribution in [-0.4, -0.2) is 31.6 Å². The van der Waals surface area contributed by atoms with Gasteiger partial charge in [0.15, 0.2) is 5.16 Å². The van der Waals surface area contributed by atoms with Crippen LogP contribution in [0, 0.1) is 0 Å². The molecular weight excluding hydrogens is 466 g/mol. The minimum Gasteiger partial charge on any atom is -0.333 e. The van der Waals surface area contributed by atoms with Gasteiger partial charge in [0.25, 0.3) is 5.56 Å². The molecule has 4 rings (SSSR count). The van der Waals surface area contributed by atoms with Crippen molar-refractivity contribution in [2.75, 3.05) is 5.75 Å². The number of thioether (sulfide) groups is 1. The molecule has 186 valence electrons. The number of carbonyl (C=O) groups is 1. The van der Waals surface area contributed by atoms with E-state index in [1.54, 1.807) is 10.6 Å². The van der Waals surface area contributed by atoms with Crippen molar-refractivity contribution in [3.8, 4) is 5.69 Å². The zero-order chi connectivity index (χ0) is 25.9. The Bertz CT molecular complexity index is 1420. The van der Waals surface area contributed by atoms with Gasteiger partial charge in [0.05, 0.1) is 22.3 Å². The summed E-state index contributed by atoms with van der Waals surface area (Å²) in [5.41, 5.74) is 3.10. The van der Waals surface area contributed by atoms with Crippen LogP contribution in [0.2, 0.25) is 0 Å². The van der Waals surface area contributed by atoms with E-state index in [2.05, 4.69) is 13.8 Å². The van der Waals surface area contributed by atoms with E-state index in [0.717, 1.165) is 16.8 Å². The molecule has 1 heterocycles. The minimum absolute atomic E-state index is 0.00227. The molecule has 6 heteroatoms. The molecule has 4 aromatic rings. The first-order chi connectivity index (χ1) is 17.2. The van der Waals surface area contributed by atoms with E-state index in [9.17, 15) is 9.59 Å². The van der Waals surface area contributed by atoms with Crippen molar-refractivity contribution < 1.29 is 4.79 Å². The van der Waals surface area contributed by atoms with Crippen molar-refractivity contribution in [3.63, 3.8) is 0 Å². The molecule has 0 radical (unpaired) electrons. The Morgan fingerprint density at radius 3 is 2.28 bits per heavy atom. The van der Waals surface area contributed by atoms with Crippen molar-refractivity contribution >= 4 is 28.6 Å². The third-order valence-electron chi connectivity index (χ3n) is 6.16. The predicted octanol–water partition coefficient (Wildman–Crippen LogP) is 6.43. The number of nitrogens with zero attached hydrogens (tertiary/aromatic N) is 3. The number of fused-ring (bicyclic) bond motifs is 1. The number of para-hydroxylation sites is 2. The van der Waals surface area contributed by atoms with Gasteiger partial charge in [-0.2, -0.15) is 0 Å². The number of aromatic nitrogens is 2. The second-order valence-corrected chi connectivity index (χ2v) is 11.1. The fraction of sp³-hybridized carbons (Fsp3) is 0.300. The molecule has 1 amide bonds. The molecule has 0 fully saturated rings. The standard InChI is InChI=1S/C30H33N3O2S/c1-21(2)23-15-10-12-18-26(23)33-28(35)24-16-9-11-17-25(24)31-29(33)36-20-27(34)32(30(3,4)5)19-22-13-7-6-8-14-22/h6-18,21H,19-20H2,1-5H3. The van der Waals surface area contributed by atoms with Crippen LogP contribution >= 0.6 is 11.8 Å². The van der Waals surface area contributed by atoms with Crippen LogP contribution in [0.5, 0.6) is 0 Å². The number of amides is 1. The molecule has 0 aliphatic heterocycles. The average Bonchev–Trinajstić information content (AvgIpc) is 2.86. The summed E-state index contributed by atoms with van der Waals surface area (Å²) in [4.78, 5) is 34.0. The Balaban J connectivity index is 1.73. The second-order valence-electron chi connectivity index (χ2n) is 10.2. The van der Waals surface area contributed by atoms with Crippen LogP contribution in [0.1, 0.15) is 51.7 Å². The van der Waals surface area contributed by atoms with E-state index in [0.29, 0.717) is 22.6 Å². The Morgan fingerprint density at radius 2 is 1.58 bits per heavy atom. The van der Waals surface area contributed by atoms with Crippen molar-refractivity contribution in [1.82, 2.24) is 14.5 Å². The molecule has 0 aliphatic carbocycles. The predicted molar refractivity (Wildman–Crippen MR) is 149 cm³/mol. The van der Waals surface area contributed by atoms with E-state index < -0.39 is 0 Å². The number of benzene rings is 3. The summed E-state index contributed by atoms with van der Waals surface area (Å²) in [5.74, 6) is 0.405. The van der Waals surface area contributed by atoms with Gasteiger partial charge < -0.3 is 4.90 Å². The lowest BCUT2D eigenvalue weighted by Gasteiger charge is -2.36. The molecule has 0 aliphatic rings. The van der Waals surface area contributed by atoms with Gasteiger partial charge in [-0.3, -0.25) is 14.2 Å². The third kappa shape index (κ3) is 5.54. The second kappa shape index (κ2) is 10.7. The van der Waals surface area contributed by atoms with E-state index in [4.69, 9.17) is 4.98 Å². The van der Waals surface area contributed by atoms with Crippen LogP contribution in [0.15, 0.2) is 88.8 Å². The molecule has 36 heavy (non-hydrogen) atoms. The summed E-state index contributed by atoms with van der Waals surface area (Å²) in [7, 11) is 0. The zero-order valence-corrected chi connectivity index (χ0v) is 22.4. The fourth-order valence-corrected chi connectivity index (χ4v) is 5.15. The Labute approximate surface area is 217 Å². The van der Waals surface area contributed by atoms with Crippen molar-refractivity contribution in [3.05, 3.63) is 100 Å². The van der Waals surface area contributed by atoms with E-state index >= 15 is 0 Å². The summed E-state index contributed by atoms with van der Waals surface area (Å²) in [5, 5.41) is 1.08. The number of rotatable bonds is 7. The first-order valence-corrected chi connectivity index (χ1v) is 13.2. The van der Waals surface area contributed by atoms with E-state index in [1.165, 1.54) is 11.8 Å². The van der Waals surface area contributed by atoms with Crippen molar-refractivity contribution in [1.29, 1.82) is 0 Å². The summed E-state index contributed by atoms with van der Waals surface area (Å²) >= 11 is 1.32. The van der Waals surface area contributed by atoms with Crippen LogP contribution in [0.3, 0.4) is 0 Å². The first kappa shape index (κ1) is 25.7. The third-order valence-corrected chi connectivity index (χ3v) is 7.09. The lowest BCUT2D eigenvalue weighted by atomic mass is 10.0. The van der Waals surface area contributed by atoms with E-state index in [-0.39, 0.29) is 28.7 Å². The SMILES string of the molecule is CC(C)c1ccccc1-n1c(SCC(=O)N(Cc2ccccc2)C(C)(C)C)nc2ccccc2c1=O. The molecule has 1 aromatic heterocycles. The smallest absolute Gasteiger partial charge is 0.266 e. The molecule has 0 N–H and O–H groups in total. The molecule has 3 aromatic carbocycles. The van der Waals surface area contributed by atoms with Gasteiger partial charge in [0, 0.05) is 12.1 Å². The molecular formula is C30H33N3O2S. The summed E-state index contributed by atoms with van der Waals surface area (Å²) in [6.45, 7) is 10.9. The number of hydrogen-bond acceptors (Lipinski definition) is 4. The van der Waals surface area contributed by atoms with Gasteiger partial charge in [-0.1, -0.05) is 86.3 Å². The lowest BCUT2D eigenvalue weighted by molar-refractivity contribution is -0.133. The lowest BCUT2D eigenvalue weighted by Crippen LogP contribution is -2.46. The Hall–Kier alpha value is -3.38. The normalized spacial score (nSPS) is 11.7. The quantitative estimate of drug-likeness (QED) is 0.217. The highest BCUT2D eigenvalue weighted by Crippen LogP contribution is 2.28. The van der Waals surface area contributed by atoms with Crippen molar-refractivity contribution in [2.24, 2.45) is 0 Å². The largest absolute Gasteiger partial charge is 0.333 e. The van der Waals surface area contributed by atoms with Gasteiger partial charge in [-0.15, -0.1) is 0 Å². The maximum atomic E-state index is 13.7. The zero-order valence-electron chi connectivity index (χ0n) is 21.6. The van der Waals surface area contributed by atoms with Crippen LogP contribution in [0.25, 0.3) is 16.6 Å². The summed E-state index contributed by atoms with van der Waals surface area (Å²) in [6.07, 6.45) is 0. The molecule has 5 nitrogen and oxygen atoms in total. The highest BCUT2D eigenvalue weighted by Gasteiger charge is 2.27. The molecule has 0 unspecified atom stereocenters. The van der Waals surface area contributed by atoms with Gasteiger partial charge in [0.1, 0.15) is 0 Å². The van der Waals surface area contributed by atoms with Gasteiger partial charge in [-0.05, 0) is 56.0 Å². The Kier molecular flexibility index (Phi) is 7.65. The van der Waals surface area contributed by atoms with Crippen LogP contribution in [0.4, 0.5) is 0 Å². The molecule has 0 atom stereocenters. The molecule has 0 bridgehead atoms. The molecule has 0 saturated carbocycles. The van der Waals surface area contributed by atoms with Gasteiger partial charge >= 0.3 is 0 Å². The maximum absolute atomic E-state index is 13.7. The first-order valence-electron chi connectivity index (χ1n) is 12.2. The number of carbonyl (C=O) groups excluding carboxylic acids is 1. The fourth-order valence-electron chi connectivity index (χ4n) is 4.27. The van der Waals surface area contributed by atoms with Crippen molar-refractivity contribution in [2.45, 2.75) is 57.8 Å². The molecule has 0 saturated heterocycles. The topological polar surface area (TPSA) is 55.2 Å².